The number of ether oxygens (including phenoxy) is 1. The maximum atomic E-state index is 13.5. The van der Waals surface area contributed by atoms with E-state index in [0.29, 0.717) is 41.7 Å². The van der Waals surface area contributed by atoms with Gasteiger partial charge in [-0.05, 0) is 72.9 Å². The van der Waals surface area contributed by atoms with E-state index in [1.165, 1.54) is 24.3 Å². The lowest BCUT2D eigenvalue weighted by molar-refractivity contribution is -0.137. The third-order valence-corrected chi connectivity index (χ3v) is 6.26. The van der Waals surface area contributed by atoms with Crippen LogP contribution in [0.15, 0.2) is 48.5 Å². The first kappa shape index (κ1) is 25.0. The molecule has 10 heteroatoms. The average molecular weight is 526 g/mol. The van der Waals surface area contributed by atoms with E-state index in [0.717, 1.165) is 18.2 Å². The molecule has 0 amide bonds. The van der Waals surface area contributed by atoms with Gasteiger partial charge in [0.2, 0.25) is 0 Å². The molecule has 0 spiro atoms. The molecule has 1 N–H and O–H groups in total. The SMILES string of the molecule is O=C(O)c1nc(C2=C(c3cc(C(F)(F)F)ccc3OCc3ccc(F)cc3Cl)CCC2)ccc1Cl. The number of hydrogen-bond acceptors (Lipinski definition) is 3. The number of benzene rings is 2. The van der Waals surface area contributed by atoms with Gasteiger partial charge in [0, 0.05) is 11.1 Å². The van der Waals surface area contributed by atoms with Crippen molar-refractivity contribution < 1.29 is 32.2 Å². The summed E-state index contributed by atoms with van der Waals surface area (Å²) in [5.41, 5.74) is 1.01. The van der Waals surface area contributed by atoms with Crippen molar-refractivity contribution in [1.29, 1.82) is 0 Å². The zero-order chi connectivity index (χ0) is 25.3. The topological polar surface area (TPSA) is 59.4 Å². The van der Waals surface area contributed by atoms with Crippen molar-refractivity contribution in [2.75, 3.05) is 0 Å². The Labute approximate surface area is 207 Å². The third kappa shape index (κ3) is 5.44. The Kier molecular flexibility index (Phi) is 7.05. The van der Waals surface area contributed by atoms with Gasteiger partial charge in [-0.25, -0.2) is 14.2 Å². The molecule has 1 aliphatic carbocycles. The fourth-order valence-electron chi connectivity index (χ4n) is 3.95. The summed E-state index contributed by atoms with van der Waals surface area (Å²) in [4.78, 5) is 15.6. The van der Waals surface area contributed by atoms with E-state index < -0.39 is 23.5 Å². The fraction of sp³-hybridized carbons (Fsp3) is 0.200. The predicted octanol–water partition coefficient (Wildman–Crippen LogP) is 7.92. The molecule has 2 aromatic carbocycles. The van der Waals surface area contributed by atoms with Crippen molar-refractivity contribution in [2.24, 2.45) is 0 Å². The number of aromatic carboxylic acids is 1. The molecular weight excluding hydrogens is 509 g/mol. The van der Waals surface area contributed by atoms with Gasteiger partial charge in [0.15, 0.2) is 5.69 Å². The highest BCUT2D eigenvalue weighted by Crippen LogP contribution is 2.44. The van der Waals surface area contributed by atoms with Crippen LogP contribution < -0.4 is 4.74 Å². The lowest BCUT2D eigenvalue weighted by atomic mass is 9.96. The van der Waals surface area contributed by atoms with Gasteiger partial charge in [0.05, 0.1) is 21.3 Å². The average Bonchev–Trinajstić information content (AvgIpc) is 3.27. The van der Waals surface area contributed by atoms with Crippen LogP contribution in [0, 0.1) is 5.82 Å². The predicted molar refractivity (Wildman–Crippen MR) is 124 cm³/mol. The Balaban J connectivity index is 1.80. The molecule has 1 heterocycles. The largest absolute Gasteiger partial charge is 0.488 e. The Morgan fingerprint density at radius 3 is 2.43 bits per heavy atom. The van der Waals surface area contributed by atoms with Gasteiger partial charge < -0.3 is 9.84 Å². The maximum absolute atomic E-state index is 13.5. The molecule has 4 rings (SSSR count). The van der Waals surface area contributed by atoms with Gasteiger partial charge in [0.25, 0.3) is 0 Å². The minimum atomic E-state index is -4.58. The Hall–Kier alpha value is -3.10. The number of rotatable bonds is 6. The summed E-state index contributed by atoms with van der Waals surface area (Å²) in [6.07, 6.45) is -3.02. The molecule has 0 fully saturated rings. The summed E-state index contributed by atoms with van der Waals surface area (Å²) in [6.45, 7) is -0.0948. The first-order valence-corrected chi connectivity index (χ1v) is 11.2. The van der Waals surface area contributed by atoms with Crippen molar-refractivity contribution in [1.82, 2.24) is 4.98 Å². The lowest BCUT2D eigenvalue weighted by Crippen LogP contribution is -2.07. The van der Waals surface area contributed by atoms with Crippen molar-refractivity contribution in [3.63, 3.8) is 0 Å². The first-order valence-electron chi connectivity index (χ1n) is 10.4. The molecular formula is C25H17Cl2F4NO3. The monoisotopic (exact) mass is 525 g/mol. The van der Waals surface area contributed by atoms with E-state index in [1.54, 1.807) is 6.07 Å². The fourth-order valence-corrected chi connectivity index (χ4v) is 4.35. The van der Waals surface area contributed by atoms with E-state index in [2.05, 4.69) is 4.98 Å². The van der Waals surface area contributed by atoms with Gasteiger partial charge >= 0.3 is 12.1 Å². The van der Waals surface area contributed by atoms with Crippen LogP contribution in [0.3, 0.4) is 0 Å². The molecule has 1 aliphatic rings. The van der Waals surface area contributed by atoms with Crippen LogP contribution in [0.5, 0.6) is 5.75 Å². The van der Waals surface area contributed by atoms with E-state index in [1.807, 2.05) is 0 Å². The smallest absolute Gasteiger partial charge is 0.416 e. The van der Waals surface area contributed by atoms with Crippen molar-refractivity contribution in [3.8, 4) is 5.75 Å². The summed E-state index contributed by atoms with van der Waals surface area (Å²) in [7, 11) is 0. The van der Waals surface area contributed by atoms with Crippen LogP contribution in [0.4, 0.5) is 17.6 Å². The van der Waals surface area contributed by atoms with Crippen molar-refractivity contribution in [2.45, 2.75) is 32.0 Å². The number of hydrogen-bond donors (Lipinski definition) is 1. The highest BCUT2D eigenvalue weighted by atomic mass is 35.5. The van der Waals surface area contributed by atoms with Gasteiger partial charge in [0.1, 0.15) is 18.2 Å². The number of allylic oxidation sites excluding steroid dienone is 2. The van der Waals surface area contributed by atoms with E-state index in [4.69, 9.17) is 27.9 Å². The van der Waals surface area contributed by atoms with Crippen molar-refractivity contribution >= 4 is 40.3 Å². The quantitative estimate of drug-likeness (QED) is 0.332. The molecule has 35 heavy (non-hydrogen) atoms. The zero-order valence-corrected chi connectivity index (χ0v) is 19.4. The number of nitrogens with zero attached hydrogens (tertiary/aromatic N) is 1. The van der Waals surface area contributed by atoms with Gasteiger partial charge in [-0.3, -0.25) is 0 Å². The number of pyridine rings is 1. The van der Waals surface area contributed by atoms with Crippen LogP contribution in [0.2, 0.25) is 10.0 Å². The molecule has 0 aliphatic heterocycles. The molecule has 0 bridgehead atoms. The summed E-state index contributed by atoms with van der Waals surface area (Å²) < 4.78 is 59.8. The number of carboxylic acids is 1. The summed E-state index contributed by atoms with van der Waals surface area (Å²) in [6, 6.07) is 9.88. The van der Waals surface area contributed by atoms with E-state index >= 15 is 0 Å². The van der Waals surface area contributed by atoms with Crippen molar-refractivity contribution in [3.05, 3.63) is 92.5 Å². The molecule has 3 aromatic rings. The maximum Gasteiger partial charge on any atom is 0.416 e. The third-order valence-electron chi connectivity index (χ3n) is 5.61. The van der Waals surface area contributed by atoms with Crippen LogP contribution in [0.25, 0.3) is 11.1 Å². The number of alkyl halides is 3. The molecule has 0 atom stereocenters. The molecule has 4 nitrogen and oxygen atoms in total. The normalized spacial score (nSPS) is 13.9. The standard InChI is InChI=1S/C25H17Cl2F4NO3/c26-19-7-8-21(32-23(19)24(33)34)17-3-1-2-16(17)18-10-14(25(29,30)31)5-9-22(18)35-12-13-4-6-15(28)11-20(13)27/h4-11H,1-3,12H2,(H,33,34). The number of carboxylic acid groups (broad SMARTS) is 1. The van der Waals surface area contributed by atoms with Gasteiger partial charge in [-0.15, -0.1) is 0 Å². The summed E-state index contributed by atoms with van der Waals surface area (Å²) in [5, 5.41) is 9.45. The Bertz CT molecular complexity index is 1340. The second kappa shape index (κ2) is 9.87. The number of halogens is 6. The van der Waals surface area contributed by atoms with Crippen LogP contribution in [-0.2, 0) is 12.8 Å². The molecule has 0 saturated carbocycles. The minimum absolute atomic E-state index is 0.0411. The Morgan fingerprint density at radius 1 is 1.00 bits per heavy atom. The highest BCUT2D eigenvalue weighted by Gasteiger charge is 2.32. The van der Waals surface area contributed by atoms with Gasteiger partial charge in [-0.2, -0.15) is 13.2 Å². The number of aromatic nitrogens is 1. The highest BCUT2D eigenvalue weighted by molar-refractivity contribution is 6.33. The van der Waals surface area contributed by atoms with Crippen LogP contribution in [-0.4, -0.2) is 16.1 Å². The van der Waals surface area contributed by atoms with E-state index in [9.17, 15) is 27.5 Å². The second-order valence-corrected chi connectivity index (χ2v) is 8.69. The second-order valence-electron chi connectivity index (χ2n) is 7.88. The van der Waals surface area contributed by atoms with Crippen LogP contribution in [0.1, 0.15) is 52.1 Å². The summed E-state index contributed by atoms with van der Waals surface area (Å²) in [5.74, 6) is -1.65. The zero-order valence-electron chi connectivity index (χ0n) is 17.9. The number of carbonyl (C=O) groups is 1. The van der Waals surface area contributed by atoms with Gasteiger partial charge in [-0.1, -0.05) is 29.3 Å². The minimum Gasteiger partial charge on any atom is -0.488 e. The Morgan fingerprint density at radius 2 is 1.74 bits per heavy atom. The lowest BCUT2D eigenvalue weighted by Gasteiger charge is -2.17. The first-order chi connectivity index (χ1) is 16.5. The van der Waals surface area contributed by atoms with Crippen LogP contribution >= 0.6 is 23.2 Å². The summed E-state index contributed by atoms with van der Waals surface area (Å²) >= 11 is 12.0. The molecule has 1 aromatic heterocycles. The molecule has 0 unspecified atom stereocenters. The molecule has 182 valence electrons. The molecule has 0 saturated heterocycles. The van der Waals surface area contributed by atoms with E-state index in [-0.39, 0.29) is 33.7 Å². The molecule has 0 radical (unpaired) electrons.